The monoisotopic (exact) mass is 386 g/mol. The first-order valence-corrected chi connectivity index (χ1v) is 8.80. The van der Waals surface area contributed by atoms with Crippen LogP contribution in [0.4, 0.5) is 4.39 Å². The Hall–Kier alpha value is -2.77. The molecule has 2 aromatic carbocycles. The van der Waals surface area contributed by atoms with Gasteiger partial charge in [-0.05, 0) is 35.4 Å². The lowest BCUT2D eigenvalue weighted by Crippen LogP contribution is -2.27. The summed E-state index contributed by atoms with van der Waals surface area (Å²) in [5, 5.41) is 11.5. The fourth-order valence-electron chi connectivity index (χ4n) is 2.98. The predicted molar refractivity (Wildman–Crippen MR) is 96.6 cm³/mol. The second-order valence-corrected chi connectivity index (χ2v) is 6.67. The van der Waals surface area contributed by atoms with Crippen molar-refractivity contribution in [3.63, 3.8) is 0 Å². The Balaban J connectivity index is 1.44. The number of carbonyl (C=O) groups excluding carboxylic acids is 1. The molecule has 0 spiro atoms. The fraction of sp³-hybridized carbons (Fsp3) is 0.211. The molecular weight excluding hydrogens is 371 g/mol. The number of fused-ring (bicyclic) bond motifs is 1. The Kier molecular flexibility index (Phi) is 4.87. The van der Waals surface area contributed by atoms with Crippen molar-refractivity contribution >= 4 is 17.5 Å². The van der Waals surface area contributed by atoms with Crippen LogP contribution in [-0.2, 0) is 24.4 Å². The van der Waals surface area contributed by atoms with Crippen molar-refractivity contribution in [3.8, 4) is 0 Å². The highest BCUT2D eigenvalue weighted by atomic mass is 35.5. The van der Waals surface area contributed by atoms with Crippen LogP contribution < -0.4 is 5.32 Å². The number of nitrogens with zero attached hydrogens (tertiary/aromatic N) is 3. The van der Waals surface area contributed by atoms with Gasteiger partial charge in [0.1, 0.15) is 11.9 Å². The van der Waals surface area contributed by atoms with Crippen LogP contribution in [0.1, 0.15) is 33.4 Å². The van der Waals surface area contributed by atoms with Crippen LogP contribution in [0.3, 0.4) is 0 Å². The van der Waals surface area contributed by atoms with Crippen molar-refractivity contribution in [2.75, 3.05) is 0 Å². The van der Waals surface area contributed by atoms with Crippen LogP contribution in [0, 0.1) is 5.82 Å². The molecule has 1 amide bonds. The van der Waals surface area contributed by atoms with E-state index in [1.165, 1.54) is 12.1 Å². The zero-order chi connectivity index (χ0) is 18.8. The quantitative estimate of drug-likeness (QED) is 0.747. The fourth-order valence-corrected chi connectivity index (χ4v) is 3.19. The maximum atomic E-state index is 13.1. The molecule has 0 bridgehead atoms. The van der Waals surface area contributed by atoms with Gasteiger partial charge in [-0.2, -0.15) is 0 Å². The maximum Gasteiger partial charge on any atom is 0.274 e. The third-order valence-corrected chi connectivity index (χ3v) is 4.63. The molecule has 1 aliphatic heterocycles. The zero-order valence-corrected chi connectivity index (χ0v) is 15.0. The van der Waals surface area contributed by atoms with E-state index in [4.69, 9.17) is 16.3 Å². The number of amides is 1. The topological polar surface area (TPSA) is 69.0 Å². The first-order valence-electron chi connectivity index (χ1n) is 8.42. The molecule has 138 valence electrons. The molecule has 1 N–H and O–H groups in total. The minimum absolute atomic E-state index is 0.203. The molecule has 27 heavy (non-hydrogen) atoms. The molecule has 0 fully saturated rings. The van der Waals surface area contributed by atoms with Crippen molar-refractivity contribution in [1.82, 2.24) is 20.3 Å². The third kappa shape index (κ3) is 3.84. The van der Waals surface area contributed by atoms with Crippen LogP contribution in [0.25, 0.3) is 0 Å². The third-order valence-electron chi connectivity index (χ3n) is 4.40. The summed E-state index contributed by atoms with van der Waals surface area (Å²) in [6, 6.07) is 13.4. The minimum atomic E-state index is -0.319. The molecule has 0 radical (unpaired) electrons. The molecule has 1 aromatic heterocycles. The van der Waals surface area contributed by atoms with Gasteiger partial charge in [-0.1, -0.05) is 41.1 Å². The number of carbonyl (C=O) groups is 1. The smallest absolute Gasteiger partial charge is 0.274 e. The molecule has 3 aromatic rings. The Bertz CT molecular complexity index is 974. The Morgan fingerprint density at radius 3 is 2.89 bits per heavy atom. The van der Waals surface area contributed by atoms with E-state index in [-0.39, 0.29) is 30.1 Å². The Morgan fingerprint density at radius 2 is 2.11 bits per heavy atom. The van der Waals surface area contributed by atoms with Gasteiger partial charge in [-0.15, -0.1) is 5.10 Å². The summed E-state index contributed by atoms with van der Waals surface area (Å²) in [5.74, 6) is -0.616. The van der Waals surface area contributed by atoms with Gasteiger partial charge in [0, 0.05) is 11.6 Å². The summed E-state index contributed by atoms with van der Waals surface area (Å²) >= 11 is 5.95. The second kappa shape index (κ2) is 7.46. The Morgan fingerprint density at radius 1 is 1.30 bits per heavy atom. The van der Waals surface area contributed by atoms with E-state index in [9.17, 15) is 9.18 Å². The SMILES string of the molecule is O=C(NCc1cccc(Cl)c1)c1nnn2c1CO[C@@H](c1ccc(F)cc1)C2. The van der Waals surface area contributed by atoms with Gasteiger partial charge in [0.05, 0.1) is 18.8 Å². The molecular formula is C19H16ClFN4O2. The molecule has 0 aliphatic carbocycles. The number of rotatable bonds is 4. The summed E-state index contributed by atoms with van der Waals surface area (Å²) in [6.07, 6.45) is -0.262. The molecule has 0 saturated heterocycles. The molecule has 2 heterocycles. The number of aromatic nitrogens is 3. The lowest BCUT2D eigenvalue weighted by molar-refractivity contribution is -0.00180. The second-order valence-electron chi connectivity index (χ2n) is 6.23. The molecule has 0 unspecified atom stereocenters. The standard InChI is InChI=1S/C19H16ClFN4O2/c20-14-3-1-2-12(8-14)9-22-19(26)18-16-11-27-17(10-25(16)24-23-18)13-4-6-15(21)7-5-13/h1-8,17H,9-11H2,(H,22,26)/t17-/m1/s1. The van der Waals surface area contributed by atoms with Crippen LogP contribution >= 0.6 is 11.6 Å². The molecule has 6 nitrogen and oxygen atoms in total. The van der Waals surface area contributed by atoms with Crippen molar-refractivity contribution in [3.05, 3.63) is 81.9 Å². The molecule has 4 rings (SSSR count). The lowest BCUT2D eigenvalue weighted by Gasteiger charge is -2.24. The lowest BCUT2D eigenvalue weighted by atomic mass is 10.1. The summed E-state index contributed by atoms with van der Waals surface area (Å²) in [6.45, 7) is 0.954. The average molecular weight is 387 g/mol. The maximum absolute atomic E-state index is 13.1. The summed E-state index contributed by atoms with van der Waals surface area (Å²) in [7, 11) is 0. The van der Waals surface area contributed by atoms with Crippen molar-refractivity contribution in [2.45, 2.75) is 25.8 Å². The molecule has 1 atom stereocenters. The number of nitrogens with one attached hydrogen (secondary N) is 1. The average Bonchev–Trinajstić information content (AvgIpc) is 3.10. The van der Waals surface area contributed by atoms with Gasteiger partial charge >= 0.3 is 0 Å². The number of benzene rings is 2. The summed E-state index contributed by atoms with van der Waals surface area (Å²) < 4.78 is 20.6. The van der Waals surface area contributed by atoms with Gasteiger partial charge in [-0.25, -0.2) is 9.07 Å². The minimum Gasteiger partial charge on any atom is -0.365 e. The Labute approximate surface area is 159 Å². The van der Waals surface area contributed by atoms with E-state index in [1.54, 1.807) is 28.9 Å². The zero-order valence-electron chi connectivity index (χ0n) is 14.2. The van der Waals surface area contributed by atoms with Crippen LogP contribution in [-0.4, -0.2) is 20.9 Å². The van der Waals surface area contributed by atoms with E-state index in [1.807, 2.05) is 12.1 Å². The highest BCUT2D eigenvalue weighted by Crippen LogP contribution is 2.27. The van der Waals surface area contributed by atoms with Gasteiger partial charge in [0.15, 0.2) is 5.69 Å². The summed E-state index contributed by atoms with van der Waals surface area (Å²) in [5.41, 5.74) is 2.61. The van der Waals surface area contributed by atoms with Gasteiger partial charge in [0.2, 0.25) is 0 Å². The van der Waals surface area contributed by atoms with E-state index in [0.29, 0.717) is 23.8 Å². The predicted octanol–water partition coefficient (Wildman–Crippen LogP) is 3.27. The largest absolute Gasteiger partial charge is 0.365 e. The first kappa shape index (κ1) is 17.6. The van der Waals surface area contributed by atoms with Gasteiger partial charge < -0.3 is 10.1 Å². The highest BCUT2D eigenvalue weighted by Gasteiger charge is 2.27. The van der Waals surface area contributed by atoms with Crippen LogP contribution in [0.15, 0.2) is 48.5 Å². The van der Waals surface area contributed by atoms with Crippen molar-refractivity contribution < 1.29 is 13.9 Å². The first-order chi connectivity index (χ1) is 13.1. The molecule has 0 saturated carbocycles. The van der Waals surface area contributed by atoms with Crippen LogP contribution in [0.5, 0.6) is 0 Å². The van der Waals surface area contributed by atoms with E-state index < -0.39 is 0 Å². The van der Waals surface area contributed by atoms with Gasteiger partial charge in [0.25, 0.3) is 5.91 Å². The summed E-state index contributed by atoms with van der Waals surface area (Å²) in [4.78, 5) is 12.5. The number of halogens is 2. The van der Waals surface area contributed by atoms with E-state index >= 15 is 0 Å². The number of ether oxygens (including phenoxy) is 1. The van der Waals surface area contributed by atoms with Crippen LogP contribution in [0.2, 0.25) is 5.02 Å². The number of hydrogen-bond donors (Lipinski definition) is 1. The normalized spacial score (nSPS) is 16.0. The van der Waals surface area contributed by atoms with E-state index in [2.05, 4.69) is 15.6 Å². The highest BCUT2D eigenvalue weighted by molar-refractivity contribution is 6.30. The van der Waals surface area contributed by atoms with E-state index in [0.717, 1.165) is 11.1 Å². The number of hydrogen-bond acceptors (Lipinski definition) is 4. The van der Waals surface area contributed by atoms with Crippen molar-refractivity contribution in [1.29, 1.82) is 0 Å². The van der Waals surface area contributed by atoms with Crippen molar-refractivity contribution in [2.24, 2.45) is 0 Å². The molecule has 8 heteroatoms. The molecule has 1 aliphatic rings. The van der Waals surface area contributed by atoms with Gasteiger partial charge in [-0.3, -0.25) is 4.79 Å².